The Morgan fingerprint density at radius 2 is 1.90 bits per heavy atom. The minimum Gasteiger partial charge on any atom is -0.384 e. The Hall–Kier alpha value is -2.43. The van der Waals surface area contributed by atoms with Crippen molar-refractivity contribution in [2.24, 2.45) is 0 Å². The van der Waals surface area contributed by atoms with Gasteiger partial charge in [-0.1, -0.05) is 26.8 Å². The van der Waals surface area contributed by atoms with Gasteiger partial charge in [0.05, 0.1) is 29.5 Å². The van der Waals surface area contributed by atoms with Gasteiger partial charge < -0.3 is 5.73 Å². The average molecular weight is 267 g/mol. The van der Waals surface area contributed by atoms with Gasteiger partial charge in [0.1, 0.15) is 5.82 Å². The van der Waals surface area contributed by atoms with Crippen LogP contribution in [0.3, 0.4) is 0 Å². The standard InChI is InChI=1S/C15H17N5/c1-15(2,3)12-9-20-11(7-18-14(20)8-17-12)10-5-4-6-13(16)19-10/h4-9H,1-3H3,(H2,16,19). The van der Waals surface area contributed by atoms with E-state index in [1.807, 2.05) is 22.7 Å². The summed E-state index contributed by atoms with van der Waals surface area (Å²) in [7, 11) is 0. The Morgan fingerprint density at radius 1 is 1.10 bits per heavy atom. The summed E-state index contributed by atoms with van der Waals surface area (Å²) in [5.74, 6) is 0.502. The first-order valence-electron chi connectivity index (χ1n) is 6.51. The third-order valence-corrected chi connectivity index (χ3v) is 3.20. The van der Waals surface area contributed by atoms with Crippen molar-refractivity contribution in [3.63, 3.8) is 0 Å². The quantitative estimate of drug-likeness (QED) is 0.736. The zero-order valence-corrected chi connectivity index (χ0v) is 11.8. The van der Waals surface area contributed by atoms with E-state index in [0.29, 0.717) is 5.82 Å². The van der Waals surface area contributed by atoms with Crippen LogP contribution in [0.4, 0.5) is 5.82 Å². The molecule has 3 aromatic rings. The number of nitrogens with two attached hydrogens (primary N) is 1. The molecule has 0 aliphatic carbocycles. The summed E-state index contributed by atoms with van der Waals surface area (Å²) in [4.78, 5) is 13.2. The fourth-order valence-corrected chi connectivity index (χ4v) is 2.06. The van der Waals surface area contributed by atoms with Crippen molar-refractivity contribution in [3.8, 4) is 11.4 Å². The van der Waals surface area contributed by atoms with E-state index in [9.17, 15) is 0 Å². The molecule has 3 heterocycles. The lowest BCUT2D eigenvalue weighted by Gasteiger charge is -2.17. The van der Waals surface area contributed by atoms with Gasteiger partial charge in [0.25, 0.3) is 0 Å². The zero-order chi connectivity index (χ0) is 14.3. The van der Waals surface area contributed by atoms with E-state index in [2.05, 4.69) is 35.7 Å². The van der Waals surface area contributed by atoms with Gasteiger partial charge in [-0.05, 0) is 12.1 Å². The smallest absolute Gasteiger partial charge is 0.155 e. The lowest BCUT2D eigenvalue weighted by molar-refractivity contribution is 0.565. The molecule has 0 aliphatic rings. The first kappa shape index (κ1) is 12.6. The van der Waals surface area contributed by atoms with E-state index in [1.165, 1.54) is 0 Å². The molecule has 0 aliphatic heterocycles. The highest BCUT2D eigenvalue weighted by molar-refractivity contribution is 5.61. The Kier molecular flexibility index (Phi) is 2.71. The molecule has 5 heteroatoms. The van der Waals surface area contributed by atoms with Crippen LogP contribution in [0.25, 0.3) is 17.0 Å². The molecule has 3 aromatic heterocycles. The first-order chi connectivity index (χ1) is 9.45. The maximum Gasteiger partial charge on any atom is 0.155 e. The summed E-state index contributed by atoms with van der Waals surface area (Å²) in [6.45, 7) is 6.41. The van der Waals surface area contributed by atoms with E-state index >= 15 is 0 Å². The molecule has 0 spiro atoms. The molecule has 0 fully saturated rings. The lowest BCUT2D eigenvalue weighted by Crippen LogP contribution is -2.14. The molecule has 20 heavy (non-hydrogen) atoms. The number of hydrogen-bond donors (Lipinski definition) is 1. The topological polar surface area (TPSA) is 69.1 Å². The number of nitrogens with zero attached hydrogens (tertiary/aromatic N) is 4. The molecule has 5 nitrogen and oxygen atoms in total. The summed E-state index contributed by atoms with van der Waals surface area (Å²) in [6.07, 6.45) is 5.60. The van der Waals surface area contributed by atoms with Crippen LogP contribution in [0, 0.1) is 0 Å². The summed E-state index contributed by atoms with van der Waals surface area (Å²) in [6, 6.07) is 5.59. The highest BCUT2D eigenvalue weighted by atomic mass is 15.0. The molecule has 0 radical (unpaired) electrons. The Bertz CT molecular complexity index is 767. The van der Waals surface area contributed by atoms with Gasteiger partial charge in [-0.2, -0.15) is 0 Å². The monoisotopic (exact) mass is 267 g/mol. The Morgan fingerprint density at radius 3 is 2.60 bits per heavy atom. The highest BCUT2D eigenvalue weighted by Crippen LogP contribution is 2.24. The van der Waals surface area contributed by atoms with E-state index < -0.39 is 0 Å². The molecule has 0 amide bonds. The molecule has 0 bridgehead atoms. The van der Waals surface area contributed by atoms with Crippen molar-refractivity contribution >= 4 is 11.5 Å². The molecular weight excluding hydrogens is 250 g/mol. The third-order valence-electron chi connectivity index (χ3n) is 3.20. The summed E-state index contributed by atoms with van der Waals surface area (Å²) in [5.41, 5.74) is 9.28. The summed E-state index contributed by atoms with van der Waals surface area (Å²) >= 11 is 0. The number of imidazole rings is 1. The molecule has 0 atom stereocenters. The Labute approximate surface area is 117 Å². The van der Waals surface area contributed by atoms with Crippen molar-refractivity contribution in [2.75, 3.05) is 5.73 Å². The minimum absolute atomic E-state index is 0.0150. The largest absolute Gasteiger partial charge is 0.384 e. The van der Waals surface area contributed by atoms with Crippen molar-refractivity contribution in [2.45, 2.75) is 26.2 Å². The van der Waals surface area contributed by atoms with E-state index in [0.717, 1.165) is 22.7 Å². The van der Waals surface area contributed by atoms with Crippen molar-refractivity contribution < 1.29 is 0 Å². The Balaban J connectivity index is 2.22. The van der Waals surface area contributed by atoms with Crippen LogP contribution in [0.1, 0.15) is 26.5 Å². The van der Waals surface area contributed by atoms with Crippen LogP contribution in [-0.4, -0.2) is 19.4 Å². The van der Waals surface area contributed by atoms with E-state index in [4.69, 9.17) is 5.73 Å². The van der Waals surface area contributed by atoms with Gasteiger partial charge in [0.15, 0.2) is 5.65 Å². The number of rotatable bonds is 1. The molecule has 0 unspecified atom stereocenters. The van der Waals surface area contributed by atoms with Gasteiger partial charge >= 0.3 is 0 Å². The number of pyridine rings is 1. The number of aromatic nitrogens is 4. The van der Waals surface area contributed by atoms with Crippen LogP contribution in [0.5, 0.6) is 0 Å². The minimum atomic E-state index is -0.0150. The maximum atomic E-state index is 5.75. The van der Waals surface area contributed by atoms with Crippen LogP contribution in [-0.2, 0) is 5.41 Å². The fourth-order valence-electron chi connectivity index (χ4n) is 2.06. The second kappa shape index (κ2) is 4.30. The normalized spacial score (nSPS) is 11.9. The highest BCUT2D eigenvalue weighted by Gasteiger charge is 2.17. The summed E-state index contributed by atoms with van der Waals surface area (Å²) < 4.78 is 2.01. The molecule has 0 saturated carbocycles. The number of hydrogen-bond acceptors (Lipinski definition) is 4. The van der Waals surface area contributed by atoms with Gasteiger partial charge in [0, 0.05) is 11.6 Å². The van der Waals surface area contributed by atoms with Gasteiger partial charge in [-0.15, -0.1) is 0 Å². The van der Waals surface area contributed by atoms with Crippen LogP contribution in [0.15, 0.2) is 36.8 Å². The third kappa shape index (κ3) is 2.11. The lowest BCUT2D eigenvalue weighted by atomic mass is 9.93. The van der Waals surface area contributed by atoms with Crippen LogP contribution in [0.2, 0.25) is 0 Å². The molecule has 2 N–H and O–H groups in total. The van der Waals surface area contributed by atoms with E-state index in [1.54, 1.807) is 18.5 Å². The number of nitrogen functional groups attached to an aromatic ring is 1. The SMILES string of the molecule is CC(C)(C)c1cn2c(-c3cccc(N)n3)cnc2cn1. The van der Waals surface area contributed by atoms with Crippen molar-refractivity contribution in [3.05, 3.63) is 42.5 Å². The molecule has 0 saturated heterocycles. The van der Waals surface area contributed by atoms with Gasteiger partial charge in [0.2, 0.25) is 0 Å². The fraction of sp³-hybridized carbons (Fsp3) is 0.267. The average Bonchev–Trinajstić information content (AvgIpc) is 2.80. The predicted molar refractivity (Wildman–Crippen MR) is 79.3 cm³/mol. The predicted octanol–water partition coefficient (Wildman–Crippen LogP) is 2.67. The van der Waals surface area contributed by atoms with E-state index in [-0.39, 0.29) is 5.41 Å². The van der Waals surface area contributed by atoms with Gasteiger partial charge in [-0.3, -0.25) is 9.38 Å². The second-order valence-corrected chi connectivity index (χ2v) is 5.84. The van der Waals surface area contributed by atoms with Crippen LogP contribution < -0.4 is 5.73 Å². The van der Waals surface area contributed by atoms with Crippen LogP contribution >= 0.6 is 0 Å². The molecule has 3 rings (SSSR count). The molecule has 0 aromatic carbocycles. The maximum absolute atomic E-state index is 5.75. The van der Waals surface area contributed by atoms with Gasteiger partial charge in [-0.25, -0.2) is 9.97 Å². The molecular formula is C15H17N5. The molecule has 102 valence electrons. The summed E-state index contributed by atoms with van der Waals surface area (Å²) in [5, 5.41) is 0. The number of fused-ring (bicyclic) bond motifs is 1. The van der Waals surface area contributed by atoms with Crippen molar-refractivity contribution in [1.29, 1.82) is 0 Å². The first-order valence-corrected chi connectivity index (χ1v) is 6.51. The second-order valence-electron chi connectivity index (χ2n) is 5.84. The zero-order valence-electron chi connectivity index (χ0n) is 11.8. The van der Waals surface area contributed by atoms with Crippen molar-refractivity contribution in [1.82, 2.24) is 19.4 Å². The number of anilines is 1.